The van der Waals surface area contributed by atoms with Gasteiger partial charge >= 0.3 is 0 Å². The summed E-state index contributed by atoms with van der Waals surface area (Å²) >= 11 is 6.04. The standard InChI is InChI=1S/C19H23ClN2O6S/c1-5-22(29(24,25)14-7-9-16(26-2)15(20)11-14)12-19(23)21-13-6-8-17(27-3)18(10-13)28-4/h6-11H,5,12H2,1-4H3,(H,21,23). The molecule has 0 atom stereocenters. The first-order chi connectivity index (χ1) is 13.8. The Morgan fingerprint density at radius 1 is 1.00 bits per heavy atom. The van der Waals surface area contributed by atoms with Crippen LogP contribution < -0.4 is 19.5 Å². The van der Waals surface area contributed by atoms with Gasteiger partial charge in [-0.05, 0) is 30.3 Å². The van der Waals surface area contributed by atoms with E-state index in [0.717, 1.165) is 4.31 Å². The lowest BCUT2D eigenvalue weighted by Crippen LogP contribution is -2.37. The third-order valence-corrected chi connectivity index (χ3v) is 6.31. The zero-order valence-corrected chi connectivity index (χ0v) is 18.1. The van der Waals surface area contributed by atoms with Crippen molar-refractivity contribution in [3.8, 4) is 17.2 Å². The first kappa shape index (κ1) is 22.8. The van der Waals surface area contributed by atoms with E-state index in [1.165, 1.54) is 39.5 Å². The van der Waals surface area contributed by atoms with Crippen LogP contribution in [0.25, 0.3) is 0 Å². The number of nitrogens with zero attached hydrogens (tertiary/aromatic N) is 1. The average Bonchev–Trinajstić information content (AvgIpc) is 2.71. The van der Waals surface area contributed by atoms with Crippen LogP contribution in [0, 0.1) is 0 Å². The van der Waals surface area contributed by atoms with E-state index < -0.39 is 15.9 Å². The van der Waals surface area contributed by atoms with E-state index in [-0.39, 0.29) is 23.0 Å². The highest BCUT2D eigenvalue weighted by Gasteiger charge is 2.26. The van der Waals surface area contributed by atoms with Crippen LogP contribution in [0.3, 0.4) is 0 Å². The van der Waals surface area contributed by atoms with Gasteiger partial charge in [-0.1, -0.05) is 18.5 Å². The molecule has 0 aliphatic rings. The third-order valence-electron chi connectivity index (χ3n) is 4.10. The van der Waals surface area contributed by atoms with Crippen LogP contribution in [-0.2, 0) is 14.8 Å². The lowest BCUT2D eigenvalue weighted by Gasteiger charge is -2.20. The maximum Gasteiger partial charge on any atom is 0.243 e. The molecule has 0 heterocycles. The highest BCUT2D eigenvalue weighted by Crippen LogP contribution is 2.30. The Bertz CT molecular complexity index is 981. The molecule has 1 amide bonds. The third kappa shape index (κ3) is 5.31. The molecule has 29 heavy (non-hydrogen) atoms. The molecule has 0 spiro atoms. The second-order valence-electron chi connectivity index (χ2n) is 5.85. The number of anilines is 1. The number of amides is 1. The second-order valence-corrected chi connectivity index (χ2v) is 8.19. The summed E-state index contributed by atoms with van der Waals surface area (Å²) in [5.74, 6) is 0.819. The first-order valence-electron chi connectivity index (χ1n) is 8.62. The van der Waals surface area contributed by atoms with Gasteiger partial charge in [-0.15, -0.1) is 0 Å². The van der Waals surface area contributed by atoms with Crippen molar-refractivity contribution in [2.45, 2.75) is 11.8 Å². The number of carbonyl (C=O) groups excluding carboxylic acids is 1. The van der Waals surface area contributed by atoms with Crippen LogP contribution in [0.1, 0.15) is 6.92 Å². The van der Waals surface area contributed by atoms with Crippen molar-refractivity contribution in [1.29, 1.82) is 0 Å². The molecule has 1 N–H and O–H groups in total. The first-order valence-corrected chi connectivity index (χ1v) is 10.4. The SMILES string of the molecule is CCN(CC(=O)Nc1ccc(OC)c(OC)c1)S(=O)(=O)c1ccc(OC)c(Cl)c1. The quantitative estimate of drug-likeness (QED) is 0.641. The van der Waals surface area contributed by atoms with Crippen molar-refractivity contribution >= 4 is 33.2 Å². The number of hydrogen-bond acceptors (Lipinski definition) is 6. The lowest BCUT2D eigenvalue weighted by atomic mass is 10.2. The van der Waals surface area contributed by atoms with Gasteiger partial charge in [-0.3, -0.25) is 4.79 Å². The molecule has 0 fully saturated rings. The van der Waals surface area contributed by atoms with Gasteiger partial charge in [0.1, 0.15) is 5.75 Å². The predicted octanol–water partition coefficient (Wildman–Crippen LogP) is 3.02. The molecule has 158 valence electrons. The molecule has 0 radical (unpaired) electrons. The zero-order valence-electron chi connectivity index (χ0n) is 16.6. The summed E-state index contributed by atoms with van der Waals surface area (Å²) in [7, 11) is 0.502. The average molecular weight is 443 g/mol. The van der Waals surface area contributed by atoms with E-state index in [0.29, 0.717) is 22.9 Å². The van der Waals surface area contributed by atoms with Gasteiger partial charge in [0.05, 0.1) is 37.8 Å². The van der Waals surface area contributed by atoms with Crippen molar-refractivity contribution in [3.05, 3.63) is 41.4 Å². The summed E-state index contributed by atoms with van der Waals surface area (Å²) in [4.78, 5) is 12.4. The fraction of sp³-hybridized carbons (Fsp3) is 0.316. The number of carbonyl (C=O) groups is 1. The Morgan fingerprint density at radius 2 is 1.62 bits per heavy atom. The minimum atomic E-state index is -3.92. The van der Waals surface area contributed by atoms with Crippen LogP contribution in [0.5, 0.6) is 17.2 Å². The fourth-order valence-electron chi connectivity index (χ4n) is 2.60. The smallest absolute Gasteiger partial charge is 0.243 e. The highest BCUT2D eigenvalue weighted by molar-refractivity contribution is 7.89. The number of ether oxygens (including phenoxy) is 3. The number of nitrogens with one attached hydrogen (secondary N) is 1. The number of benzene rings is 2. The lowest BCUT2D eigenvalue weighted by molar-refractivity contribution is -0.116. The summed E-state index contributed by atoms with van der Waals surface area (Å²) in [6.45, 7) is 1.38. The monoisotopic (exact) mass is 442 g/mol. The van der Waals surface area contributed by atoms with Crippen LogP contribution in [0.15, 0.2) is 41.3 Å². The Labute approximate surface area is 175 Å². The van der Waals surface area contributed by atoms with Gasteiger partial charge in [0.2, 0.25) is 15.9 Å². The van der Waals surface area contributed by atoms with Crippen LogP contribution in [-0.4, -0.2) is 53.0 Å². The van der Waals surface area contributed by atoms with E-state index in [9.17, 15) is 13.2 Å². The molecule has 2 rings (SSSR count). The number of methoxy groups -OCH3 is 3. The van der Waals surface area contributed by atoms with Crippen molar-refractivity contribution in [2.24, 2.45) is 0 Å². The van der Waals surface area contributed by atoms with Gasteiger partial charge in [0.25, 0.3) is 0 Å². The van der Waals surface area contributed by atoms with E-state index in [2.05, 4.69) is 5.32 Å². The molecule has 0 aromatic heterocycles. The van der Waals surface area contributed by atoms with Gasteiger partial charge in [0.15, 0.2) is 11.5 Å². The van der Waals surface area contributed by atoms with Gasteiger partial charge < -0.3 is 19.5 Å². The van der Waals surface area contributed by atoms with Crippen LogP contribution in [0.4, 0.5) is 5.69 Å². The molecular formula is C19H23ClN2O6S. The van der Waals surface area contributed by atoms with E-state index in [1.807, 2.05) is 0 Å². The normalized spacial score (nSPS) is 11.2. The topological polar surface area (TPSA) is 94.2 Å². The molecule has 8 nitrogen and oxygen atoms in total. The van der Waals surface area contributed by atoms with E-state index in [4.69, 9.17) is 25.8 Å². The van der Waals surface area contributed by atoms with Gasteiger partial charge in [-0.25, -0.2) is 8.42 Å². The number of rotatable bonds is 9. The van der Waals surface area contributed by atoms with E-state index in [1.54, 1.807) is 25.1 Å². The number of likely N-dealkylation sites (N-methyl/N-ethyl adjacent to an activating group) is 1. The maximum atomic E-state index is 12.9. The molecule has 0 aliphatic heterocycles. The molecular weight excluding hydrogens is 420 g/mol. The molecule has 0 saturated carbocycles. The van der Waals surface area contributed by atoms with Crippen molar-refractivity contribution in [3.63, 3.8) is 0 Å². The summed E-state index contributed by atoms with van der Waals surface area (Å²) in [5, 5.41) is 2.83. The fourth-order valence-corrected chi connectivity index (χ4v) is 4.35. The van der Waals surface area contributed by atoms with Crippen LogP contribution in [0.2, 0.25) is 5.02 Å². The Hall–Kier alpha value is -2.49. The highest BCUT2D eigenvalue weighted by atomic mass is 35.5. The van der Waals surface area contributed by atoms with Gasteiger partial charge in [-0.2, -0.15) is 4.31 Å². The summed E-state index contributed by atoms with van der Waals surface area (Å²) in [6.07, 6.45) is 0. The minimum absolute atomic E-state index is 0.0240. The molecule has 0 unspecified atom stereocenters. The number of sulfonamides is 1. The Balaban J connectivity index is 2.18. The van der Waals surface area contributed by atoms with Crippen molar-refractivity contribution < 1.29 is 27.4 Å². The largest absolute Gasteiger partial charge is 0.495 e. The Kier molecular flexibility index (Phi) is 7.72. The minimum Gasteiger partial charge on any atom is -0.495 e. The Morgan fingerprint density at radius 3 is 2.17 bits per heavy atom. The summed E-state index contributed by atoms with van der Waals surface area (Å²) in [5.41, 5.74) is 0.452. The number of halogens is 1. The molecule has 0 aliphatic carbocycles. The zero-order chi connectivity index (χ0) is 21.6. The van der Waals surface area contributed by atoms with E-state index >= 15 is 0 Å². The summed E-state index contributed by atoms with van der Waals surface area (Å²) in [6, 6.07) is 9.01. The number of hydrogen-bond donors (Lipinski definition) is 1. The molecule has 0 saturated heterocycles. The second kappa shape index (κ2) is 9.82. The maximum absolute atomic E-state index is 12.9. The predicted molar refractivity (Wildman–Crippen MR) is 111 cm³/mol. The molecule has 0 bridgehead atoms. The van der Waals surface area contributed by atoms with Crippen LogP contribution >= 0.6 is 11.6 Å². The molecule has 2 aromatic rings. The molecule has 2 aromatic carbocycles. The summed E-state index contributed by atoms with van der Waals surface area (Å²) < 4.78 is 42.2. The van der Waals surface area contributed by atoms with Crippen molar-refractivity contribution in [2.75, 3.05) is 39.7 Å². The molecule has 10 heteroatoms. The van der Waals surface area contributed by atoms with Gasteiger partial charge in [0, 0.05) is 18.3 Å². The van der Waals surface area contributed by atoms with Crippen molar-refractivity contribution in [1.82, 2.24) is 4.31 Å².